The van der Waals surface area contributed by atoms with Gasteiger partial charge >= 0.3 is 0 Å². The van der Waals surface area contributed by atoms with Crippen molar-refractivity contribution in [2.24, 2.45) is 0 Å². The standard InChI is InChI=1S/C24H34N2O3/c1-17(2)18-7-9-19(10-8-18)23(26-13-6-11-25-12-14-26)20-15-21(27-3)24(29-5)22(16-20)28-4/h7-10,15-17,23,25H,6,11-14H2,1-5H3. The van der Waals surface area contributed by atoms with E-state index in [4.69, 9.17) is 14.2 Å². The Morgan fingerprint density at radius 3 is 1.97 bits per heavy atom. The van der Waals surface area contributed by atoms with Crippen molar-refractivity contribution in [3.63, 3.8) is 0 Å². The third-order valence-electron chi connectivity index (χ3n) is 5.66. The molecule has 158 valence electrons. The maximum Gasteiger partial charge on any atom is 0.203 e. The number of methoxy groups -OCH3 is 3. The van der Waals surface area contributed by atoms with E-state index in [0.29, 0.717) is 23.2 Å². The molecule has 1 heterocycles. The van der Waals surface area contributed by atoms with Crippen LogP contribution in [0.25, 0.3) is 0 Å². The summed E-state index contributed by atoms with van der Waals surface area (Å²) in [6, 6.07) is 13.3. The maximum absolute atomic E-state index is 5.63. The molecule has 0 aromatic heterocycles. The molecule has 0 amide bonds. The van der Waals surface area contributed by atoms with Crippen LogP contribution < -0.4 is 19.5 Å². The lowest BCUT2D eigenvalue weighted by Gasteiger charge is -2.32. The van der Waals surface area contributed by atoms with Gasteiger partial charge in [-0.2, -0.15) is 0 Å². The zero-order valence-electron chi connectivity index (χ0n) is 18.3. The van der Waals surface area contributed by atoms with Crippen LogP contribution in [-0.4, -0.2) is 52.4 Å². The first-order valence-corrected chi connectivity index (χ1v) is 10.4. The van der Waals surface area contributed by atoms with E-state index in [0.717, 1.165) is 38.2 Å². The van der Waals surface area contributed by atoms with Gasteiger partial charge in [0.15, 0.2) is 11.5 Å². The lowest BCUT2D eigenvalue weighted by atomic mass is 9.93. The molecule has 0 aliphatic carbocycles. The highest BCUT2D eigenvalue weighted by Crippen LogP contribution is 2.42. The first-order chi connectivity index (χ1) is 14.1. The van der Waals surface area contributed by atoms with E-state index in [2.05, 4.69) is 60.5 Å². The van der Waals surface area contributed by atoms with Crippen molar-refractivity contribution in [1.82, 2.24) is 10.2 Å². The molecule has 1 aliphatic heterocycles. The Morgan fingerprint density at radius 1 is 0.793 bits per heavy atom. The SMILES string of the molecule is COc1cc(C(c2ccc(C(C)C)cc2)N2CCCNCC2)cc(OC)c1OC. The van der Waals surface area contributed by atoms with Crippen LogP contribution >= 0.6 is 0 Å². The van der Waals surface area contributed by atoms with Crippen LogP contribution in [0.15, 0.2) is 36.4 Å². The number of benzene rings is 2. The average Bonchev–Trinajstić information content (AvgIpc) is 3.02. The second-order valence-electron chi connectivity index (χ2n) is 7.82. The van der Waals surface area contributed by atoms with Gasteiger partial charge in [0, 0.05) is 19.6 Å². The Morgan fingerprint density at radius 2 is 1.41 bits per heavy atom. The molecule has 1 saturated heterocycles. The van der Waals surface area contributed by atoms with Crippen LogP contribution in [0.1, 0.15) is 48.9 Å². The van der Waals surface area contributed by atoms with E-state index in [1.807, 2.05) is 0 Å². The van der Waals surface area contributed by atoms with Crippen LogP contribution in [-0.2, 0) is 0 Å². The summed E-state index contributed by atoms with van der Waals surface area (Å²) in [5, 5.41) is 3.51. The van der Waals surface area contributed by atoms with Crippen molar-refractivity contribution in [1.29, 1.82) is 0 Å². The second kappa shape index (κ2) is 9.99. The van der Waals surface area contributed by atoms with Crippen LogP contribution in [0.3, 0.4) is 0 Å². The van der Waals surface area contributed by atoms with Crippen LogP contribution in [0.2, 0.25) is 0 Å². The molecule has 0 spiro atoms. The van der Waals surface area contributed by atoms with E-state index in [1.165, 1.54) is 11.1 Å². The third kappa shape index (κ3) is 4.85. The molecule has 0 saturated carbocycles. The van der Waals surface area contributed by atoms with Crippen molar-refractivity contribution in [3.8, 4) is 17.2 Å². The normalized spacial score (nSPS) is 16.3. The molecule has 1 aliphatic rings. The summed E-state index contributed by atoms with van der Waals surface area (Å²) in [5.41, 5.74) is 3.79. The predicted octanol–water partition coefficient (Wildman–Crippen LogP) is 4.22. The molecule has 1 atom stereocenters. The Hall–Kier alpha value is -2.24. The topological polar surface area (TPSA) is 43.0 Å². The van der Waals surface area contributed by atoms with Gasteiger partial charge in [-0.3, -0.25) is 4.90 Å². The summed E-state index contributed by atoms with van der Waals surface area (Å²) in [6.45, 7) is 8.54. The minimum Gasteiger partial charge on any atom is -0.493 e. The van der Waals surface area contributed by atoms with Crippen LogP contribution in [0.4, 0.5) is 0 Å². The predicted molar refractivity (Wildman–Crippen MR) is 118 cm³/mol. The fourth-order valence-electron chi connectivity index (χ4n) is 4.06. The molecule has 1 N–H and O–H groups in total. The molecule has 29 heavy (non-hydrogen) atoms. The average molecular weight is 399 g/mol. The number of ether oxygens (including phenoxy) is 3. The van der Waals surface area contributed by atoms with Crippen molar-refractivity contribution >= 4 is 0 Å². The Labute approximate surface area is 175 Å². The van der Waals surface area contributed by atoms with Gasteiger partial charge in [0.1, 0.15) is 0 Å². The fraction of sp³-hybridized carbons (Fsp3) is 0.500. The molecule has 5 nitrogen and oxygen atoms in total. The van der Waals surface area contributed by atoms with Crippen molar-refractivity contribution in [3.05, 3.63) is 53.1 Å². The number of nitrogens with zero attached hydrogens (tertiary/aromatic N) is 1. The van der Waals surface area contributed by atoms with Crippen molar-refractivity contribution in [2.75, 3.05) is 47.5 Å². The van der Waals surface area contributed by atoms with Gasteiger partial charge < -0.3 is 19.5 Å². The van der Waals surface area contributed by atoms with Gasteiger partial charge in [-0.05, 0) is 47.7 Å². The second-order valence-corrected chi connectivity index (χ2v) is 7.82. The summed E-state index contributed by atoms with van der Waals surface area (Å²) in [6.07, 6.45) is 1.13. The Bertz CT molecular complexity index is 756. The molecule has 3 rings (SSSR count). The summed E-state index contributed by atoms with van der Waals surface area (Å²) in [7, 11) is 4.98. The number of rotatable bonds is 7. The highest BCUT2D eigenvalue weighted by Gasteiger charge is 2.26. The summed E-state index contributed by atoms with van der Waals surface area (Å²) in [4.78, 5) is 2.55. The fourth-order valence-corrected chi connectivity index (χ4v) is 4.06. The molecule has 2 aromatic rings. The van der Waals surface area contributed by atoms with Gasteiger partial charge in [0.25, 0.3) is 0 Å². The van der Waals surface area contributed by atoms with Gasteiger partial charge in [-0.1, -0.05) is 38.1 Å². The van der Waals surface area contributed by atoms with E-state index < -0.39 is 0 Å². The summed E-state index contributed by atoms with van der Waals surface area (Å²) < 4.78 is 16.8. The Balaban J connectivity index is 2.09. The van der Waals surface area contributed by atoms with E-state index in [-0.39, 0.29) is 6.04 Å². The number of hydrogen-bond donors (Lipinski definition) is 1. The lowest BCUT2D eigenvalue weighted by Crippen LogP contribution is -2.33. The molecule has 1 unspecified atom stereocenters. The maximum atomic E-state index is 5.63. The molecule has 1 fully saturated rings. The zero-order valence-corrected chi connectivity index (χ0v) is 18.3. The molecular weight excluding hydrogens is 364 g/mol. The van der Waals surface area contributed by atoms with Crippen molar-refractivity contribution in [2.45, 2.75) is 32.2 Å². The third-order valence-corrected chi connectivity index (χ3v) is 5.66. The van der Waals surface area contributed by atoms with E-state index in [9.17, 15) is 0 Å². The molecule has 5 heteroatoms. The van der Waals surface area contributed by atoms with Gasteiger partial charge in [0.05, 0.1) is 27.4 Å². The smallest absolute Gasteiger partial charge is 0.203 e. The van der Waals surface area contributed by atoms with Gasteiger partial charge in [-0.15, -0.1) is 0 Å². The van der Waals surface area contributed by atoms with Crippen LogP contribution in [0, 0.1) is 0 Å². The van der Waals surface area contributed by atoms with Gasteiger partial charge in [-0.25, -0.2) is 0 Å². The minimum absolute atomic E-state index is 0.129. The monoisotopic (exact) mass is 398 g/mol. The summed E-state index contributed by atoms with van der Waals surface area (Å²) >= 11 is 0. The van der Waals surface area contributed by atoms with E-state index in [1.54, 1.807) is 21.3 Å². The molecule has 2 aromatic carbocycles. The quantitative estimate of drug-likeness (QED) is 0.756. The highest BCUT2D eigenvalue weighted by atomic mass is 16.5. The number of hydrogen-bond acceptors (Lipinski definition) is 5. The summed E-state index contributed by atoms with van der Waals surface area (Å²) in [5.74, 6) is 2.54. The largest absolute Gasteiger partial charge is 0.493 e. The molecular formula is C24H34N2O3. The molecule has 0 radical (unpaired) electrons. The first kappa shape index (κ1) is 21.5. The van der Waals surface area contributed by atoms with E-state index >= 15 is 0 Å². The number of nitrogens with one attached hydrogen (secondary N) is 1. The minimum atomic E-state index is 0.129. The van der Waals surface area contributed by atoms with Gasteiger partial charge in [0.2, 0.25) is 5.75 Å². The lowest BCUT2D eigenvalue weighted by molar-refractivity contribution is 0.239. The highest BCUT2D eigenvalue weighted by molar-refractivity contribution is 5.55. The van der Waals surface area contributed by atoms with Crippen LogP contribution in [0.5, 0.6) is 17.2 Å². The molecule has 0 bridgehead atoms. The first-order valence-electron chi connectivity index (χ1n) is 10.4. The zero-order chi connectivity index (χ0) is 20.8. The van der Waals surface area contributed by atoms with Crippen molar-refractivity contribution < 1.29 is 14.2 Å². The Kier molecular flexibility index (Phi) is 7.40.